The first-order valence-corrected chi connectivity index (χ1v) is 11.3. The largest absolute Gasteiger partial charge is 0.548 e. The van der Waals surface area contributed by atoms with Crippen molar-refractivity contribution >= 4 is 40.4 Å². The van der Waals surface area contributed by atoms with Crippen molar-refractivity contribution in [1.29, 1.82) is 0 Å². The number of carboxylic acids is 1. The maximum Gasteiger partial charge on any atom is 0.221 e. The highest BCUT2D eigenvalue weighted by Crippen LogP contribution is 2.25. The van der Waals surface area contributed by atoms with Gasteiger partial charge in [-0.1, -0.05) is 63.4 Å². The molecule has 6 nitrogen and oxygen atoms in total. The average molecular weight is 464 g/mol. The van der Waals surface area contributed by atoms with E-state index in [2.05, 4.69) is 21.5 Å². The summed E-state index contributed by atoms with van der Waals surface area (Å²) in [7, 11) is 0. The van der Waals surface area contributed by atoms with Crippen molar-refractivity contribution in [2.24, 2.45) is 0 Å². The number of carbonyl (C=O) groups is 1. The van der Waals surface area contributed by atoms with E-state index in [1.807, 2.05) is 61.5 Å². The first-order valence-electron chi connectivity index (χ1n) is 9.78. The van der Waals surface area contributed by atoms with Gasteiger partial charge in [0.1, 0.15) is 12.2 Å². The number of carbonyl (C=O) groups excluding carboxylic acids is 1. The Labute approximate surface area is 193 Å². The van der Waals surface area contributed by atoms with Gasteiger partial charge >= 0.3 is 0 Å². The van der Waals surface area contributed by atoms with Gasteiger partial charge < -0.3 is 19.8 Å². The molecular weight excluding hydrogens is 444 g/mol. The van der Waals surface area contributed by atoms with Gasteiger partial charge in [-0.2, -0.15) is 0 Å². The standard InChI is InChI=1S/C24H20N2O4S2/c1-16-6-8-17(9-7-16)10-11-19-12-13-23(31-19)29-30-32-26-22(24(27)28)14-18-15-25-21-5-3-2-4-20(18)21/h2-9,12-13,15,22,25-26H,14H2,1H3,(H,27,28)/p-1. The zero-order chi connectivity index (χ0) is 22.3. The number of fused-ring (bicyclic) bond motifs is 1. The normalized spacial score (nSPS) is 11.7. The molecule has 0 saturated carbocycles. The summed E-state index contributed by atoms with van der Waals surface area (Å²) in [5.74, 6) is 4.96. The van der Waals surface area contributed by atoms with Gasteiger partial charge in [-0.3, -0.25) is 0 Å². The van der Waals surface area contributed by atoms with E-state index >= 15 is 0 Å². The fraction of sp³-hybridized carbons (Fsp3) is 0.125. The highest BCUT2D eigenvalue weighted by Gasteiger charge is 2.14. The fourth-order valence-electron chi connectivity index (χ4n) is 3.02. The Hall–Kier alpha value is -3.22. The van der Waals surface area contributed by atoms with Gasteiger partial charge in [0.15, 0.2) is 0 Å². The zero-order valence-corrected chi connectivity index (χ0v) is 18.7. The molecule has 0 aliphatic rings. The predicted octanol–water partition coefficient (Wildman–Crippen LogP) is 3.76. The zero-order valence-electron chi connectivity index (χ0n) is 17.1. The molecule has 2 aromatic heterocycles. The third-order valence-electron chi connectivity index (χ3n) is 4.69. The quantitative estimate of drug-likeness (QED) is 0.103. The summed E-state index contributed by atoms with van der Waals surface area (Å²) in [5.41, 5.74) is 3.95. The molecule has 32 heavy (non-hydrogen) atoms. The predicted molar refractivity (Wildman–Crippen MR) is 125 cm³/mol. The van der Waals surface area contributed by atoms with Crippen molar-refractivity contribution in [2.75, 3.05) is 0 Å². The van der Waals surface area contributed by atoms with Crippen LogP contribution in [0.5, 0.6) is 5.06 Å². The number of aromatic nitrogens is 1. The Morgan fingerprint density at radius 2 is 1.97 bits per heavy atom. The lowest BCUT2D eigenvalue weighted by Gasteiger charge is -2.17. The van der Waals surface area contributed by atoms with E-state index in [-0.39, 0.29) is 6.42 Å². The SMILES string of the molecule is Cc1ccc(C#Cc2ccc(OOSNC(Cc3c[nH]c4ccccc34)C(=O)[O-])s2)cc1. The molecule has 2 N–H and O–H groups in total. The number of benzene rings is 2. The second kappa shape index (κ2) is 10.4. The fourth-order valence-corrected chi connectivity index (χ4v) is 4.17. The van der Waals surface area contributed by atoms with E-state index in [1.54, 1.807) is 12.3 Å². The number of thiophene rings is 1. The minimum Gasteiger partial charge on any atom is -0.548 e. The summed E-state index contributed by atoms with van der Waals surface area (Å²) in [5, 5.41) is 13.0. The van der Waals surface area contributed by atoms with Crippen molar-refractivity contribution in [3.8, 4) is 16.9 Å². The molecule has 4 rings (SSSR count). The summed E-state index contributed by atoms with van der Waals surface area (Å²) in [4.78, 5) is 20.7. The van der Waals surface area contributed by atoms with Crippen LogP contribution in [0.2, 0.25) is 0 Å². The lowest BCUT2D eigenvalue weighted by molar-refractivity contribution is -0.307. The number of rotatable bonds is 8. The number of hydrogen-bond donors (Lipinski definition) is 2. The molecule has 0 amide bonds. The summed E-state index contributed by atoms with van der Waals surface area (Å²) >= 11 is 2.03. The van der Waals surface area contributed by atoms with Crippen molar-refractivity contribution in [1.82, 2.24) is 9.71 Å². The summed E-state index contributed by atoms with van der Waals surface area (Å²) in [6.45, 7) is 2.03. The molecule has 0 bridgehead atoms. The number of aromatic amines is 1. The van der Waals surface area contributed by atoms with Gasteiger partial charge in [0.05, 0.1) is 16.9 Å². The number of aryl methyl sites for hydroxylation is 1. The van der Waals surface area contributed by atoms with Crippen LogP contribution in [0.4, 0.5) is 0 Å². The molecule has 2 aromatic carbocycles. The van der Waals surface area contributed by atoms with Crippen molar-refractivity contribution in [3.05, 3.63) is 88.4 Å². The molecule has 0 saturated heterocycles. The molecule has 0 aliphatic heterocycles. The number of carboxylic acid groups (broad SMARTS) is 1. The van der Waals surface area contributed by atoms with E-state index in [0.717, 1.165) is 26.9 Å². The average Bonchev–Trinajstić information content (AvgIpc) is 3.42. The Morgan fingerprint density at radius 3 is 2.78 bits per heavy atom. The van der Waals surface area contributed by atoms with E-state index < -0.39 is 12.0 Å². The summed E-state index contributed by atoms with van der Waals surface area (Å²) in [6.07, 6.45) is 2.04. The van der Waals surface area contributed by atoms with E-state index in [9.17, 15) is 9.90 Å². The van der Waals surface area contributed by atoms with Gasteiger partial charge in [-0.05, 0) is 49.2 Å². The van der Waals surface area contributed by atoms with E-state index in [4.69, 9.17) is 9.22 Å². The topological polar surface area (TPSA) is 86.4 Å². The van der Waals surface area contributed by atoms with Crippen molar-refractivity contribution < 1.29 is 19.1 Å². The van der Waals surface area contributed by atoms with E-state index in [1.165, 1.54) is 16.9 Å². The minimum absolute atomic E-state index is 0.237. The van der Waals surface area contributed by atoms with E-state index in [0.29, 0.717) is 17.3 Å². The summed E-state index contributed by atoms with van der Waals surface area (Å²) in [6, 6.07) is 18.3. The molecule has 4 aromatic rings. The highest BCUT2D eigenvalue weighted by atomic mass is 32.2. The lowest BCUT2D eigenvalue weighted by Crippen LogP contribution is -2.44. The lowest BCUT2D eigenvalue weighted by atomic mass is 10.1. The highest BCUT2D eigenvalue weighted by molar-refractivity contribution is 7.92. The Balaban J connectivity index is 1.27. The molecule has 8 heteroatoms. The van der Waals surface area contributed by atoms with Crippen LogP contribution >= 0.6 is 23.6 Å². The number of para-hydroxylation sites is 1. The molecule has 162 valence electrons. The van der Waals surface area contributed by atoms with Gasteiger partial charge in [0.2, 0.25) is 5.06 Å². The molecule has 0 aliphatic carbocycles. The van der Waals surface area contributed by atoms with Crippen molar-refractivity contribution in [3.63, 3.8) is 0 Å². The van der Waals surface area contributed by atoms with Crippen LogP contribution in [0.3, 0.4) is 0 Å². The second-order valence-corrected chi connectivity index (χ2v) is 8.61. The van der Waals surface area contributed by atoms with Gasteiger partial charge in [0.25, 0.3) is 0 Å². The smallest absolute Gasteiger partial charge is 0.221 e. The molecule has 1 unspecified atom stereocenters. The molecule has 2 heterocycles. The third kappa shape index (κ3) is 5.72. The van der Waals surface area contributed by atoms with Crippen LogP contribution in [0.25, 0.3) is 10.9 Å². The van der Waals surface area contributed by atoms with Gasteiger partial charge in [0, 0.05) is 22.7 Å². The minimum atomic E-state index is -1.23. The maximum absolute atomic E-state index is 11.5. The molecular formula is C24H19N2O4S2-. The van der Waals surface area contributed by atoms with Crippen LogP contribution in [-0.4, -0.2) is 17.0 Å². The maximum atomic E-state index is 11.5. The Kier molecular flexibility index (Phi) is 7.14. The van der Waals surface area contributed by atoms with Gasteiger partial charge in [-0.25, -0.2) is 4.72 Å². The first-order chi connectivity index (χ1) is 15.6. The monoisotopic (exact) mass is 463 g/mol. The summed E-state index contributed by atoms with van der Waals surface area (Å²) < 4.78 is 7.79. The van der Waals surface area contributed by atoms with Crippen LogP contribution in [0.1, 0.15) is 21.6 Å². The Morgan fingerprint density at radius 1 is 1.16 bits per heavy atom. The van der Waals surface area contributed by atoms with Gasteiger partial charge in [-0.15, -0.1) is 0 Å². The molecule has 1 atom stereocenters. The Bertz CT molecular complexity index is 1270. The van der Waals surface area contributed by atoms with Crippen LogP contribution in [0.15, 0.2) is 66.9 Å². The molecule has 0 spiro atoms. The molecule has 0 fully saturated rings. The van der Waals surface area contributed by atoms with Crippen LogP contribution < -0.4 is 14.7 Å². The first kappa shape index (κ1) is 22.0. The van der Waals surface area contributed by atoms with Crippen LogP contribution in [-0.2, 0) is 15.5 Å². The third-order valence-corrected chi connectivity index (χ3v) is 6.07. The number of H-pyrrole nitrogens is 1. The molecule has 0 radical (unpaired) electrons. The van der Waals surface area contributed by atoms with Crippen molar-refractivity contribution in [2.45, 2.75) is 19.4 Å². The second-order valence-electron chi connectivity index (χ2n) is 7.02. The number of hydrogen-bond acceptors (Lipinski definition) is 7. The number of aliphatic carboxylic acids is 1. The van der Waals surface area contributed by atoms with Crippen LogP contribution in [0, 0.1) is 18.8 Å². The number of nitrogens with one attached hydrogen (secondary N) is 2.